The third-order valence-electron chi connectivity index (χ3n) is 6.80. The molecule has 0 saturated carbocycles. The van der Waals surface area contributed by atoms with Crippen molar-refractivity contribution in [3.63, 3.8) is 0 Å². The SMILES string of the molecule is COc1ccc2c(c1-c1c(NS(=O)(=O)c3ccccc3)ccc3c1CCCC3)CCCC2. The second-order valence-electron chi connectivity index (χ2n) is 8.74. The Bertz CT molecular complexity index is 1250. The molecule has 0 bridgehead atoms. The van der Waals surface area contributed by atoms with Crippen molar-refractivity contribution in [2.24, 2.45) is 0 Å². The molecule has 4 nitrogen and oxygen atoms in total. The van der Waals surface area contributed by atoms with Crippen LogP contribution in [0.2, 0.25) is 0 Å². The highest BCUT2D eigenvalue weighted by molar-refractivity contribution is 7.92. The molecule has 0 saturated heterocycles. The highest BCUT2D eigenvalue weighted by Gasteiger charge is 2.27. The summed E-state index contributed by atoms with van der Waals surface area (Å²) in [5.74, 6) is 0.824. The number of ether oxygens (including phenoxy) is 1. The second kappa shape index (κ2) is 8.62. The molecule has 32 heavy (non-hydrogen) atoms. The predicted octanol–water partition coefficient (Wildman–Crippen LogP) is 5.92. The van der Waals surface area contributed by atoms with E-state index in [0.29, 0.717) is 5.69 Å². The Morgan fingerprint density at radius 1 is 0.719 bits per heavy atom. The Hall–Kier alpha value is -2.79. The second-order valence-corrected chi connectivity index (χ2v) is 10.4. The fourth-order valence-corrected chi connectivity index (χ4v) is 6.35. The molecule has 0 aromatic heterocycles. The number of sulfonamides is 1. The van der Waals surface area contributed by atoms with E-state index >= 15 is 0 Å². The van der Waals surface area contributed by atoms with E-state index in [1.165, 1.54) is 35.1 Å². The van der Waals surface area contributed by atoms with Gasteiger partial charge in [0.05, 0.1) is 17.7 Å². The number of hydrogen-bond donors (Lipinski definition) is 1. The zero-order valence-electron chi connectivity index (χ0n) is 18.5. The minimum Gasteiger partial charge on any atom is -0.496 e. The number of rotatable bonds is 5. The molecular weight excluding hydrogens is 418 g/mol. The lowest BCUT2D eigenvalue weighted by molar-refractivity contribution is 0.415. The minimum absolute atomic E-state index is 0.269. The maximum absolute atomic E-state index is 13.3. The number of fused-ring (bicyclic) bond motifs is 2. The number of methoxy groups -OCH3 is 1. The van der Waals surface area contributed by atoms with Gasteiger partial charge in [0.15, 0.2) is 0 Å². The first-order chi connectivity index (χ1) is 15.6. The average molecular weight is 448 g/mol. The number of aryl methyl sites for hydroxylation is 2. The van der Waals surface area contributed by atoms with Gasteiger partial charge in [-0.05, 0) is 97.9 Å². The Kier molecular flexibility index (Phi) is 5.68. The van der Waals surface area contributed by atoms with E-state index in [2.05, 4.69) is 22.9 Å². The lowest BCUT2D eigenvalue weighted by atomic mass is 9.80. The molecule has 3 aromatic rings. The van der Waals surface area contributed by atoms with Gasteiger partial charge in [0, 0.05) is 11.1 Å². The summed E-state index contributed by atoms with van der Waals surface area (Å²) in [6, 6.07) is 16.9. The summed E-state index contributed by atoms with van der Waals surface area (Å²) in [7, 11) is -2.00. The quantitative estimate of drug-likeness (QED) is 0.528. The molecule has 0 atom stereocenters. The van der Waals surface area contributed by atoms with Gasteiger partial charge in [-0.3, -0.25) is 4.72 Å². The van der Waals surface area contributed by atoms with E-state index in [4.69, 9.17) is 4.74 Å². The molecule has 3 aromatic carbocycles. The van der Waals surface area contributed by atoms with E-state index in [0.717, 1.165) is 55.4 Å². The smallest absolute Gasteiger partial charge is 0.261 e. The summed E-state index contributed by atoms with van der Waals surface area (Å²) >= 11 is 0. The van der Waals surface area contributed by atoms with Crippen molar-refractivity contribution in [2.75, 3.05) is 11.8 Å². The summed E-state index contributed by atoms with van der Waals surface area (Å²) in [6.45, 7) is 0. The fraction of sp³-hybridized carbons (Fsp3) is 0.333. The summed E-state index contributed by atoms with van der Waals surface area (Å²) in [6.07, 6.45) is 8.68. The monoisotopic (exact) mass is 447 g/mol. The molecule has 0 unspecified atom stereocenters. The molecule has 166 valence electrons. The third-order valence-corrected chi connectivity index (χ3v) is 8.18. The maximum atomic E-state index is 13.3. The van der Waals surface area contributed by atoms with E-state index in [9.17, 15) is 8.42 Å². The summed E-state index contributed by atoms with van der Waals surface area (Å²) in [5, 5.41) is 0. The van der Waals surface area contributed by atoms with Gasteiger partial charge >= 0.3 is 0 Å². The van der Waals surface area contributed by atoms with Crippen molar-refractivity contribution in [3.8, 4) is 16.9 Å². The number of nitrogens with one attached hydrogen (secondary N) is 1. The average Bonchev–Trinajstić information content (AvgIpc) is 2.84. The van der Waals surface area contributed by atoms with Crippen LogP contribution in [0.4, 0.5) is 5.69 Å². The van der Waals surface area contributed by atoms with Crippen LogP contribution < -0.4 is 9.46 Å². The number of hydrogen-bond acceptors (Lipinski definition) is 3. The van der Waals surface area contributed by atoms with Crippen LogP contribution in [-0.4, -0.2) is 15.5 Å². The highest BCUT2D eigenvalue weighted by Crippen LogP contribution is 2.46. The first-order valence-corrected chi connectivity index (χ1v) is 13.0. The highest BCUT2D eigenvalue weighted by atomic mass is 32.2. The lowest BCUT2D eigenvalue weighted by Gasteiger charge is -2.28. The molecule has 0 amide bonds. The van der Waals surface area contributed by atoms with Crippen LogP contribution in [0.15, 0.2) is 59.5 Å². The molecule has 0 fully saturated rings. The van der Waals surface area contributed by atoms with Crippen molar-refractivity contribution < 1.29 is 13.2 Å². The van der Waals surface area contributed by atoms with Crippen molar-refractivity contribution in [3.05, 3.63) is 76.9 Å². The summed E-state index contributed by atoms with van der Waals surface area (Å²) < 4.78 is 35.3. The summed E-state index contributed by atoms with van der Waals surface area (Å²) in [4.78, 5) is 0.269. The predicted molar refractivity (Wildman–Crippen MR) is 129 cm³/mol. The van der Waals surface area contributed by atoms with Gasteiger partial charge in [0.2, 0.25) is 0 Å². The van der Waals surface area contributed by atoms with E-state index < -0.39 is 10.0 Å². The van der Waals surface area contributed by atoms with Gasteiger partial charge in [-0.25, -0.2) is 8.42 Å². The van der Waals surface area contributed by atoms with E-state index in [-0.39, 0.29) is 4.90 Å². The van der Waals surface area contributed by atoms with Crippen LogP contribution in [0.25, 0.3) is 11.1 Å². The Morgan fingerprint density at radius 3 is 1.97 bits per heavy atom. The standard InChI is InChI=1S/C27H29NO3S/c1-31-25-18-16-20-10-6-8-14-23(20)27(25)26-22-13-7-5-9-19(22)15-17-24(26)28-32(29,30)21-11-3-2-4-12-21/h2-4,11-12,15-18,28H,5-10,13-14H2,1H3. The molecule has 5 rings (SSSR count). The van der Waals surface area contributed by atoms with Crippen LogP contribution in [0.1, 0.15) is 47.9 Å². The molecule has 5 heteroatoms. The van der Waals surface area contributed by atoms with Crippen LogP contribution in [0.5, 0.6) is 5.75 Å². The third kappa shape index (κ3) is 3.79. The lowest BCUT2D eigenvalue weighted by Crippen LogP contribution is -2.16. The fourth-order valence-electron chi connectivity index (χ4n) is 5.25. The Labute approximate surface area is 190 Å². The minimum atomic E-state index is -3.70. The first kappa shape index (κ1) is 21.1. The molecule has 2 aliphatic carbocycles. The van der Waals surface area contributed by atoms with Gasteiger partial charge in [-0.1, -0.05) is 30.3 Å². The van der Waals surface area contributed by atoms with Gasteiger partial charge in [-0.15, -0.1) is 0 Å². The molecular formula is C27H29NO3S. The number of benzene rings is 3. The normalized spacial score (nSPS) is 15.5. The molecule has 2 aliphatic rings. The van der Waals surface area contributed by atoms with Crippen LogP contribution in [0.3, 0.4) is 0 Å². The van der Waals surface area contributed by atoms with Crippen molar-refractivity contribution in [2.45, 2.75) is 56.3 Å². The van der Waals surface area contributed by atoms with Gasteiger partial charge in [0.1, 0.15) is 5.75 Å². The topological polar surface area (TPSA) is 55.4 Å². The summed E-state index contributed by atoms with van der Waals surface area (Å²) in [5.41, 5.74) is 8.00. The van der Waals surface area contributed by atoms with E-state index in [1.54, 1.807) is 31.4 Å². The largest absolute Gasteiger partial charge is 0.496 e. The Balaban J connectivity index is 1.74. The van der Waals surface area contributed by atoms with E-state index in [1.807, 2.05) is 12.1 Å². The van der Waals surface area contributed by atoms with Gasteiger partial charge in [0.25, 0.3) is 10.0 Å². The zero-order chi connectivity index (χ0) is 22.1. The molecule has 0 aliphatic heterocycles. The van der Waals surface area contributed by atoms with Gasteiger partial charge in [-0.2, -0.15) is 0 Å². The first-order valence-electron chi connectivity index (χ1n) is 11.5. The van der Waals surface area contributed by atoms with Gasteiger partial charge < -0.3 is 4.74 Å². The molecule has 1 N–H and O–H groups in total. The van der Waals surface area contributed by atoms with Crippen LogP contribution >= 0.6 is 0 Å². The Morgan fingerprint density at radius 2 is 1.31 bits per heavy atom. The number of anilines is 1. The van der Waals surface area contributed by atoms with Crippen LogP contribution in [0, 0.1) is 0 Å². The van der Waals surface area contributed by atoms with Crippen molar-refractivity contribution in [1.82, 2.24) is 0 Å². The van der Waals surface area contributed by atoms with Crippen LogP contribution in [-0.2, 0) is 35.7 Å². The maximum Gasteiger partial charge on any atom is 0.261 e. The molecule has 0 spiro atoms. The van der Waals surface area contributed by atoms with Crippen molar-refractivity contribution in [1.29, 1.82) is 0 Å². The molecule has 0 heterocycles. The molecule has 0 radical (unpaired) electrons. The van der Waals surface area contributed by atoms with Crippen molar-refractivity contribution >= 4 is 15.7 Å². The zero-order valence-corrected chi connectivity index (χ0v) is 19.3.